The van der Waals surface area contributed by atoms with Gasteiger partial charge in [-0.3, -0.25) is 9.59 Å². The summed E-state index contributed by atoms with van der Waals surface area (Å²) in [7, 11) is -4.27. The number of H-pyrrole nitrogens is 1. The maximum atomic E-state index is 14.0. The minimum atomic E-state index is -4.27. The number of aromatic nitrogens is 1. The topological polar surface area (TPSA) is 138 Å². The molecule has 11 heteroatoms. The number of fused-ring (bicyclic) bond motifs is 2. The summed E-state index contributed by atoms with van der Waals surface area (Å²) < 4.78 is 34.6. The molecule has 1 saturated carbocycles. The summed E-state index contributed by atoms with van der Waals surface area (Å²) in [5.74, 6) is -2.55. The number of carbonyl (C=O) groups is 3. The molecule has 0 radical (unpaired) electrons. The first-order valence-corrected chi connectivity index (χ1v) is 17.3. The highest BCUT2D eigenvalue weighted by Gasteiger charge is 2.61. The zero-order valence-corrected chi connectivity index (χ0v) is 27.6. The number of carbonyl (C=O) groups excluding carboxylic acids is 3. The molecule has 47 heavy (non-hydrogen) atoms. The van der Waals surface area contributed by atoms with Gasteiger partial charge in [-0.05, 0) is 74.4 Å². The van der Waals surface area contributed by atoms with Gasteiger partial charge in [-0.25, -0.2) is 17.9 Å². The second kappa shape index (κ2) is 12.2. The average Bonchev–Trinajstić information content (AvgIpc) is 3.33. The molecule has 4 aromatic rings. The Bertz CT molecular complexity index is 1980. The monoisotopic (exact) mass is 656 g/mol. The molecule has 2 heterocycles. The van der Waals surface area contributed by atoms with Crippen LogP contribution in [0.2, 0.25) is 0 Å². The van der Waals surface area contributed by atoms with Crippen molar-refractivity contribution in [1.82, 2.24) is 19.9 Å². The summed E-state index contributed by atoms with van der Waals surface area (Å²) in [6.07, 6.45) is 4.19. The van der Waals surface area contributed by atoms with Gasteiger partial charge in [0.25, 0.3) is 15.9 Å². The molecule has 3 amide bonds. The summed E-state index contributed by atoms with van der Waals surface area (Å²) in [4.78, 5) is 45.2. The van der Waals surface area contributed by atoms with E-state index in [1.54, 1.807) is 56.1 Å². The number of likely N-dealkylation sites (tertiary alicyclic amines) is 1. The first-order valence-electron chi connectivity index (χ1n) is 15.8. The molecule has 4 atom stereocenters. The van der Waals surface area contributed by atoms with Gasteiger partial charge in [-0.15, -0.1) is 6.58 Å². The highest BCUT2D eigenvalue weighted by atomic mass is 32.2. The Kier molecular flexibility index (Phi) is 8.38. The van der Waals surface area contributed by atoms with Crippen LogP contribution in [0.15, 0.2) is 90.5 Å². The van der Waals surface area contributed by atoms with E-state index in [9.17, 15) is 22.8 Å². The van der Waals surface area contributed by atoms with Crippen LogP contribution in [0, 0.1) is 17.8 Å². The lowest BCUT2D eigenvalue weighted by molar-refractivity contribution is -0.132. The molecule has 2 aliphatic rings. The van der Waals surface area contributed by atoms with Gasteiger partial charge in [0.05, 0.1) is 11.4 Å². The lowest BCUT2D eigenvalue weighted by Crippen LogP contribution is -2.54. The number of hydrogen-bond acceptors (Lipinski definition) is 6. The third-order valence-corrected chi connectivity index (χ3v) is 10.5. The Balaban J connectivity index is 1.21. The van der Waals surface area contributed by atoms with Crippen LogP contribution in [0.3, 0.4) is 0 Å². The third kappa shape index (κ3) is 6.62. The van der Waals surface area contributed by atoms with E-state index in [4.69, 9.17) is 4.74 Å². The zero-order chi connectivity index (χ0) is 33.6. The highest BCUT2D eigenvalue weighted by molar-refractivity contribution is 7.90. The SMILES string of the molecule is C=C[C@@H]1C[C@]1(NC(=O)[C@H]1CN(C(=O)OC(C)(C)C)C[C@@H]1CCc1ccc2ccccc2c1)C(=O)NS(=O)(=O)c1cccc2cc[nH]c12. The molecular weight excluding hydrogens is 616 g/mol. The predicted octanol–water partition coefficient (Wildman–Crippen LogP) is 5.30. The predicted molar refractivity (Wildman–Crippen MR) is 180 cm³/mol. The van der Waals surface area contributed by atoms with Crippen LogP contribution >= 0.6 is 0 Å². The Labute approximate surface area is 274 Å². The van der Waals surface area contributed by atoms with Gasteiger partial charge in [-0.2, -0.15) is 0 Å². The number of nitrogens with one attached hydrogen (secondary N) is 3. The van der Waals surface area contributed by atoms with Gasteiger partial charge in [0.15, 0.2) is 0 Å². The largest absolute Gasteiger partial charge is 0.444 e. The minimum absolute atomic E-state index is 0.0665. The third-order valence-electron chi connectivity index (χ3n) is 9.16. The molecular formula is C36H40N4O6S. The number of hydrogen-bond donors (Lipinski definition) is 3. The van der Waals surface area contributed by atoms with E-state index in [-0.39, 0.29) is 23.8 Å². The Morgan fingerprint density at radius 3 is 2.49 bits per heavy atom. The van der Waals surface area contributed by atoms with Crippen LogP contribution in [0.1, 0.15) is 39.2 Å². The normalized spacial score (nSPS) is 22.6. The van der Waals surface area contributed by atoms with E-state index in [2.05, 4.69) is 51.9 Å². The smallest absolute Gasteiger partial charge is 0.410 e. The molecule has 10 nitrogen and oxygen atoms in total. The number of aromatic amines is 1. The number of ether oxygens (including phenoxy) is 1. The van der Waals surface area contributed by atoms with E-state index in [1.165, 1.54) is 6.07 Å². The Morgan fingerprint density at radius 1 is 1.02 bits per heavy atom. The first-order chi connectivity index (χ1) is 22.3. The van der Waals surface area contributed by atoms with Gasteiger partial charge in [-0.1, -0.05) is 60.7 Å². The molecule has 6 rings (SSSR count). The van der Waals surface area contributed by atoms with Crippen LogP contribution in [0.5, 0.6) is 0 Å². The summed E-state index contributed by atoms with van der Waals surface area (Å²) in [6, 6.07) is 20.9. The first kappa shape index (κ1) is 32.3. The summed E-state index contributed by atoms with van der Waals surface area (Å²) >= 11 is 0. The number of nitrogens with zero attached hydrogens (tertiary/aromatic N) is 1. The maximum absolute atomic E-state index is 14.0. The van der Waals surface area contributed by atoms with Gasteiger partial charge in [0.2, 0.25) is 5.91 Å². The van der Waals surface area contributed by atoms with Crippen molar-refractivity contribution in [3.63, 3.8) is 0 Å². The van der Waals surface area contributed by atoms with Crippen molar-refractivity contribution in [2.24, 2.45) is 17.8 Å². The van der Waals surface area contributed by atoms with Gasteiger partial charge in [0.1, 0.15) is 16.0 Å². The number of amides is 3. The standard InChI is InChI=1S/C36H40N4O6S/c1-5-28-20-36(28,33(42)39-47(44,45)30-12-8-11-25-17-18-37-31(25)30)38-32(41)29-22-40(34(43)46-35(2,3)4)21-27(29)16-14-23-13-15-24-9-6-7-10-26(24)19-23/h5-13,15,17-19,27-29,37H,1,14,16,20-22H2,2-4H3,(H,38,41)(H,39,42)/t27-,28+,29-,36+/m0/s1. The van der Waals surface area contributed by atoms with E-state index >= 15 is 0 Å². The highest BCUT2D eigenvalue weighted by Crippen LogP contribution is 2.45. The molecule has 1 aromatic heterocycles. The van der Waals surface area contributed by atoms with Crippen molar-refractivity contribution in [2.75, 3.05) is 13.1 Å². The summed E-state index contributed by atoms with van der Waals surface area (Å²) in [6.45, 7) is 9.61. The molecule has 2 fully saturated rings. The quantitative estimate of drug-likeness (QED) is 0.209. The van der Waals surface area contributed by atoms with Crippen LogP contribution < -0.4 is 10.0 Å². The van der Waals surface area contributed by atoms with E-state index in [1.807, 2.05) is 12.1 Å². The van der Waals surface area contributed by atoms with Crippen molar-refractivity contribution >= 4 is 49.6 Å². The fourth-order valence-corrected chi connectivity index (χ4v) is 7.82. The molecule has 0 unspecified atom stereocenters. The molecule has 3 N–H and O–H groups in total. The van der Waals surface area contributed by atoms with Gasteiger partial charge in [0, 0.05) is 30.6 Å². The fourth-order valence-electron chi connectivity index (χ4n) is 6.58. The molecule has 0 spiro atoms. The van der Waals surface area contributed by atoms with Crippen molar-refractivity contribution in [3.05, 3.63) is 91.1 Å². The lowest BCUT2D eigenvalue weighted by atomic mass is 9.88. The molecule has 1 saturated heterocycles. The number of benzene rings is 3. The van der Waals surface area contributed by atoms with Gasteiger partial charge >= 0.3 is 6.09 Å². The Hall–Kier alpha value is -4.64. The minimum Gasteiger partial charge on any atom is -0.444 e. The summed E-state index contributed by atoms with van der Waals surface area (Å²) in [5, 5.41) is 5.85. The second-order valence-corrected chi connectivity index (χ2v) is 15.3. The van der Waals surface area contributed by atoms with Crippen molar-refractivity contribution in [1.29, 1.82) is 0 Å². The molecule has 246 valence electrons. The van der Waals surface area contributed by atoms with E-state index in [0.29, 0.717) is 30.3 Å². The van der Waals surface area contributed by atoms with Crippen molar-refractivity contribution in [2.45, 2.75) is 56.1 Å². The van der Waals surface area contributed by atoms with Crippen LogP contribution in [-0.2, 0) is 30.8 Å². The number of sulfonamides is 1. The fraction of sp³-hybridized carbons (Fsp3) is 0.361. The average molecular weight is 657 g/mol. The summed E-state index contributed by atoms with van der Waals surface area (Å²) in [5.41, 5.74) is -0.686. The lowest BCUT2D eigenvalue weighted by Gasteiger charge is -2.24. The second-order valence-electron chi connectivity index (χ2n) is 13.6. The molecule has 0 bridgehead atoms. The van der Waals surface area contributed by atoms with Gasteiger partial charge < -0.3 is 19.9 Å². The molecule has 1 aliphatic heterocycles. The number of rotatable bonds is 9. The zero-order valence-electron chi connectivity index (χ0n) is 26.8. The van der Waals surface area contributed by atoms with Crippen molar-refractivity contribution < 1.29 is 27.5 Å². The van der Waals surface area contributed by atoms with Crippen LogP contribution in [0.25, 0.3) is 21.7 Å². The van der Waals surface area contributed by atoms with E-state index < -0.39 is 50.9 Å². The van der Waals surface area contributed by atoms with Crippen molar-refractivity contribution in [3.8, 4) is 0 Å². The molecule has 1 aliphatic carbocycles. The number of para-hydroxylation sites is 1. The Morgan fingerprint density at radius 2 is 1.77 bits per heavy atom. The maximum Gasteiger partial charge on any atom is 0.410 e. The molecule has 3 aromatic carbocycles. The van der Waals surface area contributed by atoms with Crippen LogP contribution in [-0.4, -0.2) is 60.4 Å². The van der Waals surface area contributed by atoms with Crippen LogP contribution in [0.4, 0.5) is 4.79 Å². The number of aryl methyl sites for hydroxylation is 1. The van der Waals surface area contributed by atoms with E-state index in [0.717, 1.165) is 16.3 Å².